The molecule has 0 unspecified atom stereocenters. The molecule has 3 nitrogen and oxygen atoms in total. The number of carbonyl (C=O) groups excluding carboxylic acids is 1. The Kier molecular flexibility index (Phi) is 6.20. The number of nitrogens with zero attached hydrogens (tertiary/aromatic N) is 1. The molecule has 1 aromatic rings. The fraction of sp³-hybridized carbons (Fsp3) is 0.286. The molecule has 0 aliphatic rings. The van der Waals surface area contributed by atoms with Crippen molar-refractivity contribution >= 4 is 12.2 Å². The van der Waals surface area contributed by atoms with Gasteiger partial charge in [0.2, 0.25) is 0 Å². The van der Waals surface area contributed by atoms with Gasteiger partial charge in [-0.25, -0.2) is 4.79 Å². The van der Waals surface area contributed by atoms with E-state index in [4.69, 9.17) is 11.3 Å². The van der Waals surface area contributed by atoms with E-state index in [2.05, 4.69) is 11.1 Å². The molecule has 0 saturated carbocycles. The monoisotopic (exact) mass is 229 g/mol. The minimum Gasteiger partial charge on any atom is -0.318 e. The molecule has 88 valence electrons. The summed E-state index contributed by atoms with van der Waals surface area (Å²) >= 11 is 0. The first-order valence-corrected chi connectivity index (χ1v) is 5.54. The van der Waals surface area contributed by atoms with Gasteiger partial charge in [0.25, 0.3) is 0 Å². The van der Waals surface area contributed by atoms with E-state index in [1.165, 1.54) is 6.21 Å². The maximum absolute atomic E-state index is 11.2. The molecule has 0 saturated heterocycles. The van der Waals surface area contributed by atoms with Crippen LogP contribution in [-0.4, -0.2) is 12.2 Å². The highest BCUT2D eigenvalue weighted by atomic mass is 16.7. The van der Waals surface area contributed by atoms with Gasteiger partial charge in [-0.2, -0.15) is 0 Å². The van der Waals surface area contributed by atoms with Crippen molar-refractivity contribution in [3.63, 3.8) is 0 Å². The van der Waals surface area contributed by atoms with Crippen molar-refractivity contribution in [1.29, 1.82) is 0 Å². The fourth-order valence-electron chi connectivity index (χ4n) is 1.23. The Hall–Kier alpha value is -2.08. The Morgan fingerprint density at radius 1 is 1.35 bits per heavy atom. The van der Waals surface area contributed by atoms with Crippen LogP contribution < -0.4 is 0 Å². The second kappa shape index (κ2) is 8.12. The third-order valence-electron chi connectivity index (χ3n) is 2.11. The van der Waals surface area contributed by atoms with Gasteiger partial charge in [0.05, 0.1) is 6.21 Å². The Labute approximate surface area is 101 Å². The molecule has 1 aromatic carbocycles. The van der Waals surface area contributed by atoms with Crippen LogP contribution in [0.25, 0.3) is 0 Å². The minimum atomic E-state index is -0.325. The van der Waals surface area contributed by atoms with Gasteiger partial charge in [0.15, 0.2) is 0 Å². The van der Waals surface area contributed by atoms with Gasteiger partial charge in [0, 0.05) is 12.8 Å². The van der Waals surface area contributed by atoms with Crippen molar-refractivity contribution in [1.82, 2.24) is 0 Å². The number of benzene rings is 1. The average molecular weight is 229 g/mol. The van der Waals surface area contributed by atoms with E-state index in [1.807, 2.05) is 30.3 Å². The molecule has 17 heavy (non-hydrogen) atoms. The van der Waals surface area contributed by atoms with E-state index in [-0.39, 0.29) is 5.97 Å². The van der Waals surface area contributed by atoms with Crippen LogP contribution in [0.5, 0.6) is 0 Å². The third kappa shape index (κ3) is 6.16. The summed E-state index contributed by atoms with van der Waals surface area (Å²) in [6, 6.07) is 9.45. The molecule has 0 atom stereocenters. The minimum absolute atomic E-state index is 0.325. The molecule has 0 aliphatic carbocycles. The van der Waals surface area contributed by atoms with Crippen molar-refractivity contribution in [2.45, 2.75) is 25.7 Å². The van der Waals surface area contributed by atoms with E-state index in [9.17, 15) is 4.79 Å². The van der Waals surface area contributed by atoms with E-state index < -0.39 is 0 Å². The van der Waals surface area contributed by atoms with E-state index >= 15 is 0 Å². The highest BCUT2D eigenvalue weighted by Crippen LogP contribution is 2.01. The maximum Gasteiger partial charge on any atom is 0.335 e. The molecule has 0 aliphatic heterocycles. The van der Waals surface area contributed by atoms with Gasteiger partial charge in [-0.15, -0.1) is 12.3 Å². The normalized spacial score (nSPS) is 10.1. The summed E-state index contributed by atoms with van der Waals surface area (Å²) in [5.41, 5.74) is 0.896. The molecule has 0 bridgehead atoms. The zero-order valence-electron chi connectivity index (χ0n) is 9.63. The summed E-state index contributed by atoms with van der Waals surface area (Å²) in [6.07, 6.45) is 9.24. The van der Waals surface area contributed by atoms with Crippen LogP contribution in [0.2, 0.25) is 0 Å². The van der Waals surface area contributed by atoms with Crippen LogP contribution in [0, 0.1) is 12.3 Å². The van der Waals surface area contributed by atoms with Gasteiger partial charge in [-0.3, -0.25) is 0 Å². The zero-order valence-corrected chi connectivity index (χ0v) is 9.63. The number of hydrogen-bond donors (Lipinski definition) is 0. The lowest BCUT2D eigenvalue weighted by molar-refractivity contribution is -0.143. The summed E-state index contributed by atoms with van der Waals surface area (Å²) in [5.74, 6) is 2.20. The average Bonchev–Trinajstić information content (AvgIpc) is 2.36. The van der Waals surface area contributed by atoms with Gasteiger partial charge in [-0.1, -0.05) is 35.5 Å². The number of oxime groups is 1. The molecular formula is C14H15NO2. The fourth-order valence-corrected chi connectivity index (χ4v) is 1.23. The van der Waals surface area contributed by atoms with Gasteiger partial charge in [0.1, 0.15) is 0 Å². The molecule has 0 fully saturated rings. The van der Waals surface area contributed by atoms with Crippen LogP contribution in [0.3, 0.4) is 0 Å². The standard InChI is InChI=1S/C14H15NO2/c1-2-3-4-8-11-14(16)17-15-12-13-9-6-5-7-10-13/h1,5-7,9-10,12H,3-4,8,11H2. The number of hydrogen-bond acceptors (Lipinski definition) is 3. The van der Waals surface area contributed by atoms with Crippen LogP contribution in [-0.2, 0) is 9.63 Å². The van der Waals surface area contributed by atoms with Crippen LogP contribution in [0.4, 0.5) is 0 Å². The van der Waals surface area contributed by atoms with Gasteiger partial charge < -0.3 is 4.84 Å². The summed E-state index contributed by atoms with van der Waals surface area (Å²) < 4.78 is 0. The number of carbonyl (C=O) groups is 1. The summed E-state index contributed by atoms with van der Waals surface area (Å²) in [4.78, 5) is 15.9. The SMILES string of the molecule is C#CCCCCC(=O)ON=Cc1ccccc1. The molecule has 0 heterocycles. The van der Waals surface area contributed by atoms with E-state index in [0.29, 0.717) is 12.8 Å². The second-order valence-corrected chi connectivity index (χ2v) is 3.52. The Balaban J connectivity index is 2.20. The first-order valence-electron chi connectivity index (χ1n) is 5.54. The number of unbranched alkanes of at least 4 members (excludes halogenated alkanes) is 2. The van der Waals surface area contributed by atoms with E-state index in [0.717, 1.165) is 18.4 Å². The quantitative estimate of drug-likeness (QED) is 0.247. The Bertz CT molecular complexity index is 404. The second-order valence-electron chi connectivity index (χ2n) is 3.52. The molecule has 1 rings (SSSR count). The van der Waals surface area contributed by atoms with Crippen molar-refractivity contribution in [3.05, 3.63) is 35.9 Å². The number of rotatable bonds is 6. The molecule has 0 amide bonds. The summed E-state index contributed by atoms with van der Waals surface area (Å²) in [7, 11) is 0. The Morgan fingerprint density at radius 3 is 2.82 bits per heavy atom. The van der Waals surface area contributed by atoms with Crippen molar-refractivity contribution in [3.8, 4) is 12.3 Å². The third-order valence-corrected chi connectivity index (χ3v) is 2.11. The van der Waals surface area contributed by atoms with Crippen LogP contribution in [0.15, 0.2) is 35.5 Å². The highest BCUT2D eigenvalue weighted by molar-refractivity contribution is 5.80. The largest absolute Gasteiger partial charge is 0.335 e. The van der Waals surface area contributed by atoms with Crippen molar-refractivity contribution in [2.75, 3.05) is 0 Å². The summed E-state index contributed by atoms with van der Waals surface area (Å²) in [5, 5.41) is 3.63. The smallest absolute Gasteiger partial charge is 0.318 e. The molecule has 0 aromatic heterocycles. The molecule has 0 N–H and O–H groups in total. The lowest BCUT2D eigenvalue weighted by atomic mass is 10.2. The first-order chi connectivity index (χ1) is 8.33. The van der Waals surface area contributed by atoms with Crippen molar-refractivity contribution in [2.24, 2.45) is 5.16 Å². The highest BCUT2D eigenvalue weighted by Gasteiger charge is 2.00. The molecule has 3 heteroatoms. The molecule has 0 radical (unpaired) electrons. The van der Waals surface area contributed by atoms with E-state index in [1.54, 1.807) is 0 Å². The van der Waals surface area contributed by atoms with Crippen LogP contribution in [0.1, 0.15) is 31.2 Å². The Morgan fingerprint density at radius 2 is 2.12 bits per heavy atom. The lowest BCUT2D eigenvalue weighted by Gasteiger charge is -1.96. The topological polar surface area (TPSA) is 38.7 Å². The molecule has 0 spiro atoms. The number of terminal acetylenes is 1. The predicted octanol–water partition coefficient (Wildman–Crippen LogP) is 2.76. The molecular weight excluding hydrogens is 214 g/mol. The van der Waals surface area contributed by atoms with Crippen LogP contribution >= 0.6 is 0 Å². The summed E-state index contributed by atoms with van der Waals surface area (Å²) in [6.45, 7) is 0. The maximum atomic E-state index is 11.2. The predicted molar refractivity (Wildman–Crippen MR) is 67.4 cm³/mol. The lowest BCUT2D eigenvalue weighted by Crippen LogP contribution is -1.99. The van der Waals surface area contributed by atoms with Gasteiger partial charge >= 0.3 is 5.97 Å². The zero-order chi connectivity index (χ0) is 12.3. The first kappa shape index (κ1) is 13.0. The van der Waals surface area contributed by atoms with Gasteiger partial charge in [-0.05, 0) is 18.4 Å². The van der Waals surface area contributed by atoms with Crippen molar-refractivity contribution < 1.29 is 9.63 Å².